The quantitative estimate of drug-likeness (QED) is 0.860. The van der Waals surface area contributed by atoms with Crippen molar-refractivity contribution in [3.63, 3.8) is 0 Å². The zero-order valence-corrected chi connectivity index (χ0v) is 11.8. The highest BCUT2D eigenvalue weighted by molar-refractivity contribution is 9.11. The molecular formula is C10H9Br2NO3. The van der Waals surface area contributed by atoms with Crippen LogP contribution in [0.4, 0.5) is 5.69 Å². The number of rotatable bonds is 2. The first-order chi connectivity index (χ1) is 7.34. The molecule has 0 unspecified atom stereocenters. The van der Waals surface area contributed by atoms with E-state index in [0.29, 0.717) is 20.2 Å². The molecule has 4 nitrogen and oxygen atoms in total. The van der Waals surface area contributed by atoms with Gasteiger partial charge >= 0.3 is 5.97 Å². The van der Waals surface area contributed by atoms with Crippen molar-refractivity contribution in [1.82, 2.24) is 0 Å². The smallest absolute Gasteiger partial charge is 0.337 e. The first kappa shape index (κ1) is 13.2. The monoisotopic (exact) mass is 349 g/mol. The van der Waals surface area contributed by atoms with Gasteiger partial charge in [-0.3, -0.25) is 4.79 Å². The summed E-state index contributed by atoms with van der Waals surface area (Å²) in [7, 11) is 0. The van der Waals surface area contributed by atoms with Gasteiger partial charge in [0.1, 0.15) is 0 Å². The molecule has 0 aliphatic heterocycles. The van der Waals surface area contributed by atoms with Crippen LogP contribution in [0.2, 0.25) is 0 Å². The third-order valence-electron chi connectivity index (χ3n) is 2.00. The van der Waals surface area contributed by atoms with Gasteiger partial charge in [0.05, 0.1) is 11.3 Å². The molecule has 0 aliphatic rings. The maximum atomic E-state index is 11.0. The number of hydrogen-bond acceptors (Lipinski definition) is 2. The number of benzene rings is 1. The molecule has 6 heteroatoms. The van der Waals surface area contributed by atoms with Gasteiger partial charge in [0.2, 0.25) is 5.91 Å². The largest absolute Gasteiger partial charge is 0.478 e. The summed E-state index contributed by atoms with van der Waals surface area (Å²) in [6, 6.07) is 1.60. The molecule has 0 aliphatic carbocycles. The number of nitrogens with one attached hydrogen (secondary N) is 1. The van der Waals surface area contributed by atoms with E-state index in [1.165, 1.54) is 6.92 Å². The molecule has 2 N–H and O–H groups in total. The summed E-state index contributed by atoms with van der Waals surface area (Å²) in [5.41, 5.74) is 1.13. The van der Waals surface area contributed by atoms with Crippen LogP contribution in [0, 0.1) is 6.92 Å². The fraction of sp³-hybridized carbons (Fsp3) is 0.200. The lowest BCUT2D eigenvalue weighted by molar-refractivity contribution is -0.114. The Balaban J connectivity index is 3.44. The van der Waals surface area contributed by atoms with Crippen molar-refractivity contribution >= 4 is 49.4 Å². The topological polar surface area (TPSA) is 66.4 Å². The van der Waals surface area contributed by atoms with Crippen LogP contribution in [-0.4, -0.2) is 17.0 Å². The molecule has 0 bridgehead atoms. The Morgan fingerprint density at radius 2 is 1.88 bits per heavy atom. The van der Waals surface area contributed by atoms with Crippen LogP contribution < -0.4 is 5.32 Å². The molecule has 16 heavy (non-hydrogen) atoms. The number of aromatic carboxylic acids is 1. The highest BCUT2D eigenvalue weighted by Gasteiger charge is 2.18. The molecule has 0 radical (unpaired) electrons. The minimum absolute atomic E-state index is 0.145. The Hall–Kier alpha value is -0.880. The molecule has 86 valence electrons. The number of carbonyl (C=O) groups excluding carboxylic acids is 1. The SMILES string of the molecule is CC(=O)Nc1c(Br)cc(Br)c(C(=O)O)c1C. The lowest BCUT2D eigenvalue weighted by Gasteiger charge is -2.13. The van der Waals surface area contributed by atoms with Gasteiger partial charge in [0.25, 0.3) is 0 Å². The predicted octanol–water partition coefficient (Wildman–Crippen LogP) is 3.18. The van der Waals surface area contributed by atoms with Gasteiger partial charge in [-0.1, -0.05) is 0 Å². The maximum absolute atomic E-state index is 11.0. The highest BCUT2D eigenvalue weighted by Crippen LogP contribution is 2.34. The van der Waals surface area contributed by atoms with Crippen LogP contribution in [0.5, 0.6) is 0 Å². The third-order valence-corrected chi connectivity index (χ3v) is 3.25. The second-order valence-electron chi connectivity index (χ2n) is 3.20. The number of amides is 1. The summed E-state index contributed by atoms with van der Waals surface area (Å²) in [5.74, 6) is -1.29. The van der Waals surface area contributed by atoms with E-state index in [0.717, 1.165) is 0 Å². The summed E-state index contributed by atoms with van der Waals surface area (Å²) < 4.78 is 1.11. The van der Waals surface area contributed by atoms with Crippen molar-refractivity contribution < 1.29 is 14.7 Å². The molecule has 0 fully saturated rings. The molecule has 0 heterocycles. The zero-order valence-electron chi connectivity index (χ0n) is 8.60. The van der Waals surface area contributed by atoms with Crippen molar-refractivity contribution in [3.8, 4) is 0 Å². The van der Waals surface area contributed by atoms with Crippen LogP contribution >= 0.6 is 31.9 Å². The molecular weight excluding hydrogens is 342 g/mol. The molecule has 0 spiro atoms. The van der Waals surface area contributed by atoms with Gasteiger partial charge in [0.15, 0.2) is 0 Å². The van der Waals surface area contributed by atoms with Gasteiger partial charge in [-0.2, -0.15) is 0 Å². The molecule has 1 aromatic rings. The van der Waals surface area contributed by atoms with Crippen LogP contribution in [0.25, 0.3) is 0 Å². The minimum atomic E-state index is -1.04. The van der Waals surface area contributed by atoms with Gasteiger partial charge in [0, 0.05) is 15.9 Å². The van der Waals surface area contributed by atoms with E-state index in [1.807, 2.05) is 0 Å². The van der Waals surface area contributed by atoms with Crippen molar-refractivity contribution in [2.45, 2.75) is 13.8 Å². The normalized spacial score (nSPS) is 10.0. The van der Waals surface area contributed by atoms with E-state index < -0.39 is 5.97 Å². The molecule has 0 saturated carbocycles. The number of hydrogen-bond donors (Lipinski definition) is 2. The van der Waals surface area contributed by atoms with Crippen LogP contribution in [-0.2, 0) is 4.79 Å². The standard InChI is InChI=1S/C10H9Br2NO3/c1-4-8(10(15)16)6(11)3-7(12)9(4)13-5(2)14/h3H,1-2H3,(H,13,14)(H,15,16). The van der Waals surface area contributed by atoms with Crippen molar-refractivity contribution in [1.29, 1.82) is 0 Å². The number of carbonyl (C=O) groups is 2. The van der Waals surface area contributed by atoms with Crippen LogP contribution in [0.1, 0.15) is 22.8 Å². The van der Waals surface area contributed by atoms with Crippen LogP contribution in [0.3, 0.4) is 0 Å². The number of carboxylic acids is 1. The number of carboxylic acid groups (broad SMARTS) is 1. The van der Waals surface area contributed by atoms with Gasteiger partial charge in [-0.25, -0.2) is 4.79 Å². The average molecular weight is 351 g/mol. The van der Waals surface area contributed by atoms with E-state index in [1.54, 1.807) is 13.0 Å². The Bertz CT molecular complexity index is 472. The average Bonchev–Trinajstić information content (AvgIpc) is 2.10. The molecule has 0 saturated heterocycles. The van der Waals surface area contributed by atoms with E-state index in [4.69, 9.17) is 5.11 Å². The Kier molecular flexibility index (Phi) is 4.09. The summed E-state index contributed by atoms with van der Waals surface area (Å²) >= 11 is 6.45. The second-order valence-corrected chi connectivity index (χ2v) is 4.91. The highest BCUT2D eigenvalue weighted by atomic mass is 79.9. The summed E-state index contributed by atoms with van der Waals surface area (Å²) in [6.07, 6.45) is 0. The predicted molar refractivity (Wildman–Crippen MR) is 67.8 cm³/mol. The van der Waals surface area contributed by atoms with Crippen molar-refractivity contribution in [3.05, 3.63) is 26.1 Å². The van der Waals surface area contributed by atoms with E-state index in [2.05, 4.69) is 37.2 Å². The molecule has 1 aromatic carbocycles. The van der Waals surface area contributed by atoms with E-state index in [9.17, 15) is 9.59 Å². The molecule has 0 aromatic heterocycles. The summed E-state index contributed by atoms with van der Waals surface area (Å²) in [5, 5.41) is 11.6. The fourth-order valence-electron chi connectivity index (χ4n) is 1.33. The molecule has 0 atom stereocenters. The lowest BCUT2D eigenvalue weighted by atomic mass is 10.1. The fourth-order valence-corrected chi connectivity index (χ4v) is 2.96. The summed E-state index contributed by atoms with van der Waals surface area (Å²) in [6.45, 7) is 3.01. The Morgan fingerprint density at radius 1 is 1.31 bits per heavy atom. The van der Waals surface area contributed by atoms with E-state index >= 15 is 0 Å². The zero-order chi connectivity index (χ0) is 12.5. The van der Waals surface area contributed by atoms with Crippen LogP contribution in [0.15, 0.2) is 15.0 Å². The number of anilines is 1. The molecule has 1 amide bonds. The maximum Gasteiger partial charge on any atom is 0.337 e. The first-order valence-electron chi connectivity index (χ1n) is 4.34. The van der Waals surface area contributed by atoms with E-state index in [-0.39, 0.29) is 11.5 Å². The van der Waals surface area contributed by atoms with Gasteiger partial charge in [-0.15, -0.1) is 0 Å². The second kappa shape index (κ2) is 4.97. The van der Waals surface area contributed by atoms with Gasteiger partial charge < -0.3 is 10.4 Å². The lowest BCUT2D eigenvalue weighted by Crippen LogP contribution is -2.11. The Labute approximate surface area is 109 Å². The summed E-state index contributed by atoms with van der Waals surface area (Å²) in [4.78, 5) is 22.0. The van der Waals surface area contributed by atoms with Crippen molar-refractivity contribution in [2.24, 2.45) is 0 Å². The minimum Gasteiger partial charge on any atom is -0.478 e. The molecule has 1 rings (SSSR count). The Morgan fingerprint density at radius 3 is 2.31 bits per heavy atom. The van der Waals surface area contributed by atoms with Gasteiger partial charge in [-0.05, 0) is 50.4 Å². The third kappa shape index (κ3) is 2.62. The first-order valence-corrected chi connectivity index (χ1v) is 5.92. The number of halogens is 2. The van der Waals surface area contributed by atoms with Crippen molar-refractivity contribution in [2.75, 3.05) is 5.32 Å².